The Labute approximate surface area is 120 Å². The van der Waals surface area contributed by atoms with E-state index in [0.29, 0.717) is 12.5 Å². The number of hydrogen-bond acceptors (Lipinski definition) is 4. The number of amides is 1. The molecule has 0 aliphatic carbocycles. The summed E-state index contributed by atoms with van der Waals surface area (Å²) in [6.07, 6.45) is 2.73. The number of carbonyl (C=O) groups excluding carboxylic acids is 1. The van der Waals surface area contributed by atoms with Crippen molar-refractivity contribution in [3.05, 3.63) is 23.9 Å². The molecule has 1 aliphatic rings. The zero-order valence-corrected chi connectivity index (χ0v) is 12.3. The van der Waals surface area contributed by atoms with E-state index in [1.807, 2.05) is 12.3 Å². The molecule has 5 heteroatoms. The number of nitrogens with one attached hydrogen (secondary N) is 1. The van der Waals surface area contributed by atoms with Crippen molar-refractivity contribution < 1.29 is 4.79 Å². The van der Waals surface area contributed by atoms with Gasteiger partial charge in [0.05, 0.1) is 5.92 Å². The first-order valence-corrected chi connectivity index (χ1v) is 7.26. The standard InChI is InChI=1S/C15H24N4O/c1-11(2)7-17-8-12-3-4-14(18-9-12)19-6-5-13(10-19)15(16)20/h3-4,9,11,13,17H,5-8,10H2,1-2H3,(H2,16,20). The van der Waals surface area contributed by atoms with Crippen LogP contribution in [0.5, 0.6) is 0 Å². The fraction of sp³-hybridized carbons (Fsp3) is 0.600. The Hall–Kier alpha value is -1.62. The maximum absolute atomic E-state index is 11.2. The summed E-state index contributed by atoms with van der Waals surface area (Å²) in [6, 6.07) is 4.11. The summed E-state index contributed by atoms with van der Waals surface area (Å²) >= 11 is 0. The molecule has 2 rings (SSSR count). The Balaban J connectivity index is 1.87. The highest BCUT2D eigenvalue weighted by Crippen LogP contribution is 2.21. The highest BCUT2D eigenvalue weighted by atomic mass is 16.1. The van der Waals surface area contributed by atoms with Gasteiger partial charge in [-0.1, -0.05) is 19.9 Å². The van der Waals surface area contributed by atoms with Crippen LogP contribution in [0.15, 0.2) is 18.3 Å². The van der Waals surface area contributed by atoms with Gasteiger partial charge >= 0.3 is 0 Å². The van der Waals surface area contributed by atoms with Crippen LogP contribution < -0.4 is 16.0 Å². The molecule has 0 spiro atoms. The Morgan fingerprint density at radius 2 is 2.35 bits per heavy atom. The van der Waals surface area contributed by atoms with E-state index in [4.69, 9.17) is 5.73 Å². The molecule has 5 nitrogen and oxygen atoms in total. The molecule has 0 bridgehead atoms. The van der Waals surface area contributed by atoms with Crippen LogP contribution in [0.25, 0.3) is 0 Å². The van der Waals surface area contributed by atoms with E-state index in [1.165, 1.54) is 5.56 Å². The minimum Gasteiger partial charge on any atom is -0.369 e. The average molecular weight is 276 g/mol. The first-order valence-electron chi connectivity index (χ1n) is 7.26. The molecule has 0 radical (unpaired) electrons. The van der Waals surface area contributed by atoms with E-state index in [9.17, 15) is 4.79 Å². The molecule has 0 saturated carbocycles. The molecule has 110 valence electrons. The number of primary amides is 1. The molecule has 1 atom stereocenters. The fourth-order valence-corrected chi connectivity index (χ4v) is 2.41. The Morgan fingerprint density at radius 3 is 2.90 bits per heavy atom. The second kappa shape index (κ2) is 6.70. The number of nitrogens with zero attached hydrogens (tertiary/aromatic N) is 2. The van der Waals surface area contributed by atoms with Gasteiger partial charge in [-0.05, 0) is 30.5 Å². The molecule has 20 heavy (non-hydrogen) atoms. The molecule has 1 aromatic heterocycles. The fourth-order valence-electron chi connectivity index (χ4n) is 2.41. The summed E-state index contributed by atoms with van der Waals surface area (Å²) in [5.74, 6) is 1.34. The third-order valence-electron chi connectivity index (χ3n) is 3.61. The van der Waals surface area contributed by atoms with Gasteiger partial charge in [0.15, 0.2) is 0 Å². The summed E-state index contributed by atoms with van der Waals surface area (Å²) in [7, 11) is 0. The molecule has 2 heterocycles. The first kappa shape index (κ1) is 14.8. The van der Waals surface area contributed by atoms with E-state index < -0.39 is 0 Å². The Kier molecular flexibility index (Phi) is 4.95. The molecule has 1 aromatic rings. The van der Waals surface area contributed by atoms with Crippen LogP contribution in [-0.2, 0) is 11.3 Å². The van der Waals surface area contributed by atoms with Gasteiger partial charge in [-0.3, -0.25) is 4.79 Å². The van der Waals surface area contributed by atoms with E-state index >= 15 is 0 Å². The smallest absolute Gasteiger partial charge is 0.222 e. The lowest BCUT2D eigenvalue weighted by atomic mass is 10.1. The van der Waals surface area contributed by atoms with E-state index in [-0.39, 0.29) is 11.8 Å². The number of rotatable bonds is 6. The molecule has 3 N–H and O–H groups in total. The van der Waals surface area contributed by atoms with Gasteiger partial charge in [-0.2, -0.15) is 0 Å². The maximum atomic E-state index is 11.2. The number of nitrogens with two attached hydrogens (primary N) is 1. The number of carbonyl (C=O) groups is 1. The van der Waals surface area contributed by atoms with Crippen LogP contribution in [0.4, 0.5) is 5.82 Å². The first-order chi connectivity index (χ1) is 9.56. The van der Waals surface area contributed by atoms with Gasteiger partial charge in [-0.25, -0.2) is 4.98 Å². The second-order valence-electron chi connectivity index (χ2n) is 5.88. The van der Waals surface area contributed by atoms with Crippen LogP contribution >= 0.6 is 0 Å². The maximum Gasteiger partial charge on any atom is 0.222 e. The minimum atomic E-state index is -0.206. The SMILES string of the molecule is CC(C)CNCc1ccc(N2CCC(C(N)=O)C2)nc1. The molecule has 0 aromatic carbocycles. The molecular weight excluding hydrogens is 252 g/mol. The van der Waals surface area contributed by atoms with Crippen LogP contribution in [0.1, 0.15) is 25.8 Å². The van der Waals surface area contributed by atoms with Gasteiger partial charge in [0.1, 0.15) is 5.82 Å². The van der Waals surface area contributed by atoms with Crippen molar-refractivity contribution >= 4 is 11.7 Å². The molecule has 1 unspecified atom stereocenters. The van der Waals surface area contributed by atoms with Crippen molar-refractivity contribution in [1.82, 2.24) is 10.3 Å². The van der Waals surface area contributed by atoms with Crippen molar-refractivity contribution in [2.45, 2.75) is 26.8 Å². The van der Waals surface area contributed by atoms with Crippen molar-refractivity contribution in [2.75, 3.05) is 24.5 Å². The van der Waals surface area contributed by atoms with Crippen molar-refractivity contribution in [1.29, 1.82) is 0 Å². The lowest BCUT2D eigenvalue weighted by molar-refractivity contribution is -0.121. The summed E-state index contributed by atoms with van der Waals surface area (Å²) in [5.41, 5.74) is 6.53. The Bertz CT molecular complexity index is 444. The monoisotopic (exact) mass is 276 g/mol. The lowest BCUT2D eigenvalue weighted by Crippen LogP contribution is -2.27. The summed E-state index contributed by atoms with van der Waals surface area (Å²) in [4.78, 5) is 17.8. The third kappa shape index (κ3) is 3.93. The number of hydrogen-bond donors (Lipinski definition) is 2. The second-order valence-corrected chi connectivity index (χ2v) is 5.88. The van der Waals surface area contributed by atoms with Crippen molar-refractivity contribution in [3.63, 3.8) is 0 Å². The zero-order chi connectivity index (χ0) is 14.5. The molecule has 1 saturated heterocycles. The number of pyridine rings is 1. The number of anilines is 1. The molecular formula is C15H24N4O. The summed E-state index contributed by atoms with van der Waals surface area (Å²) < 4.78 is 0. The minimum absolute atomic E-state index is 0.0378. The van der Waals surface area contributed by atoms with Gasteiger partial charge < -0.3 is 16.0 Å². The van der Waals surface area contributed by atoms with Crippen LogP contribution in [0.3, 0.4) is 0 Å². The molecule has 1 fully saturated rings. The summed E-state index contributed by atoms with van der Waals surface area (Å²) in [6.45, 7) is 7.77. The van der Waals surface area contributed by atoms with E-state index in [0.717, 1.165) is 31.9 Å². The normalized spacial score (nSPS) is 18.8. The summed E-state index contributed by atoms with van der Waals surface area (Å²) in [5, 5.41) is 3.40. The Morgan fingerprint density at radius 1 is 1.55 bits per heavy atom. The van der Waals surface area contributed by atoms with Gasteiger partial charge in [0.25, 0.3) is 0 Å². The average Bonchev–Trinajstić information content (AvgIpc) is 2.89. The predicted molar refractivity (Wildman–Crippen MR) is 80.3 cm³/mol. The van der Waals surface area contributed by atoms with Crippen LogP contribution in [0, 0.1) is 11.8 Å². The number of aromatic nitrogens is 1. The highest BCUT2D eigenvalue weighted by molar-refractivity contribution is 5.78. The molecule has 1 aliphatic heterocycles. The lowest BCUT2D eigenvalue weighted by Gasteiger charge is -2.17. The van der Waals surface area contributed by atoms with E-state index in [1.54, 1.807) is 0 Å². The molecule has 1 amide bonds. The quantitative estimate of drug-likeness (QED) is 0.817. The largest absolute Gasteiger partial charge is 0.369 e. The van der Waals surface area contributed by atoms with Crippen LogP contribution in [-0.4, -0.2) is 30.5 Å². The van der Waals surface area contributed by atoms with E-state index in [2.05, 4.69) is 35.1 Å². The predicted octanol–water partition coefficient (Wildman–Crippen LogP) is 1.14. The topological polar surface area (TPSA) is 71.2 Å². The van der Waals surface area contributed by atoms with Crippen molar-refractivity contribution in [3.8, 4) is 0 Å². The highest BCUT2D eigenvalue weighted by Gasteiger charge is 2.27. The van der Waals surface area contributed by atoms with Gasteiger partial charge in [0.2, 0.25) is 5.91 Å². The zero-order valence-electron chi connectivity index (χ0n) is 12.3. The van der Waals surface area contributed by atoms with Crippen LogP contribution in [0.2, 0.25) is 0 Å². The van der Waals surface area contributed by atoms with Gasteiger partial charge in [-0.15, -0.1) is 0 Å². The van der Waals surface area contributed by atoms with Crippen molar-refractivity contribution in [2.24, 2.45) is 17.6 Å². The van der Waals surface area contributed by atoms with Gasteiger partial charge in [0, 0.05) is 25.8 Å². The third-order valence-corrected chi connectivity index (χ3v) is 3.61.